The van der Waals surface area contributed by atoms with Gasteiger partial charge in [-0.15, -0.1) is 0 Å². The molecule has 0 spiro atoms. The molecule has 0 aliphatic carbocycles. The van der Waals surface area contributed by atoms with Gasteiger partial charge < -0.3 is 10.1 Å². The Kier molecular flexibility index (Phi) is 7.49. The maximum absolute atomic E-state index is 12.2. The molecule has 0 aliphatic rings. The first kappa shape index (κ1) is 21.5. The van der Waals surface area contributed by atoms with Crippen LogP contribution in [0, 0.1) is 0 Å². The zero-order valence-electron chi connectivity index (χ0n) is 14.8. The van der Waals surface area contributed by atoms with Gasteiger partial charge in [0.05, 0.1) is 4.90 Å². The minimum absolute atomic E-state index is 0.133. The summed E-state index contributed by atoms with van der Waals surface area (Å²) in [5, 5.41) is 3.43. The fourth-order valence-electron chi connectivity index (χ4n) is 2.10. The van der Waals surface area contributed by atoms with Gasteiger partial charge in [0.25, 0.3) is 5.91 Å². The van der Waals surface area contributed by atoms with Gasteiger partial charge in [0.2, 0.25) is 10.0 Å². The van der Waals surface area contributed by atoms with Gasteiger partial charge in [-0.25, -0.2) is 13.1 Å². The Morgan fingerprint density at radius 2 is 1.70 bits per heavy atom. The number of amides is 1. The van der Waals surface area contributed by atoms with E-state index in [-0.39, 0.29) is 17.5 Å². The number of hydrogen-bond acceptors (Lipinski definition) is 4. The lowest BCUT2D eigenvalue weighted by Gasteiger charge is -2.12. The van der Waals surface area contributed by atoms with Crippen molar-refractivity contribution in [2.24, 2.45) is 0 Å². The molecule has 0 radical (unpaired) electrons. The topological polar surface area (TPSA) is 84.5 Å². The molecule has 27 heavy (non-hydrogen) atoms. The minimum atomic E-state index is -3.58. The van der Waals surface area contributed by atoms with Crippen LogP contribution in [0.5, 0.6) is 5.75 Å². The van der Waals surface area contributed by atoms with Crippen LogP contribution in [0.15, 0.2) is 47.4 Å². The molecule has 0 unspecified atom stereocenters. The standard InChI is InChI=1S/C18H20Cl2N2O4S/c1-3-12(2)22-27(24,25)17-6-4-16(5-7-17)26-11-18(23)21-15-9-13(19)8-14(20)10-15/h4-10,12,22H,3,11H2,1-2H3,(H,21,23)/t12-/m1/s1. The number of benzene rings is 2. The average molecular weight is 431 g/mol. The number of anilines is 1. The maximum Gasteiger partial charge on any atom is 0.262 e. The highest BCUT2D eigenvalue weighted by molar-refractivity contribution is 7.89. The first-order valence-corrected chi connectivity index (χ1v) is 10.4. The molecule has 0 aliphatic heterocycles. The van der Waals surface area contributed by atoms with Gasteiger partial charge >= 0.3 is 0 Å². The molecule has 6 nitrogen and oxygen atoms in total. The predicted octanol–water partition coefficient (Wildman–Crippen LogP) is 4.09. The van der Waals surface area contributed by atoms with E-state index in [1.165, 1.54) is 24.3 Å². The molecule has 2 rings (SSSR count). The van der Waals surface area contributed by atoms with E-state index in [4.69, 9.17) is 27.9 Å². The fraction of sp³-hybridized carbons (Fsp3) is 0.278. The number of hydrogen-bond donors (Lipinski definition) is 2. The minimum Gasteiger partial charge on any atom is -0.484 e. The summed E-state index contributed by atoms with van der Waals surface area (Å²) in [5.74, 6) is -0.0276. The summed E-state index contributed by atoms with van der Waals surface area (Å²) in [6.45, 7) is 3.44. The van der Waals surface area contributed by atoms with Crippen LogP contribution in [0.25, 0.3) is 0 Å². The summed E-state index contributed by atoms with van der Waals surface area (Å²) in [5.41, 5.74) is 0.457. The Morgan fingerprint density at radius 3 is 2.26 bits per heavy atom. The van der Waals surface area contributed by atoms with Crippen molar-refractivity contribution in [1.82, 2.24) is 4.72 Å². The van der Waals surface area contributed by atoms with Gasteiger partial charge in [-0.05, 0) is 55.8 Å². The van der Waals surface area contributed by atoms with Crippen LogP contribution in [0.4, 0.5) is 5.69 Å². The van der Waals surface area contributed by atoms with Crippen molar-refractivity contribution < 1.29 is 17.9 Å². The number of rotatable bonds is 8. The normalized spacial score (nSPS) is 12.4. The average Bonchev–Trinajstić information content (AvgIpc) is 2.59. The Balaban J connectivity index is 1.93. The quantitative estimate of drug-likeness (QED) is 0.660. The largest absolute Gasteiger partial charge is 0.484 e. The van der Waals surface area contributed by atoms with Crippen LogP contribution >= 0.6 is 23.2 Å². The van der Waals surface area contributed by atoms with Crippen molar-refractivity contribution >= 4 is 44.8 Å². The molecule has 0 aromatic heterocycles. The summed E-state index contributed by atoms with van der Waals surface area (Å²) in [7, 11) is -3.58. The molecule has 2 aromatic carbocycles. The van der Waals surface area contributed by atoms with Gasteiger partial charge in [-0.2, -0.15) is 0 Å². The zero-order valence-corrected chi connectivity index (χ0v) is 17.2. The van der Waals surface area contributed by atoms with Crippen LogP contribution in [0.3, 0.4) is 0 Å². The molecule has 0 heterocycles. The van der Waals surface area contributed by atoms with Crippen LogP contribution < -0.4 is 14.8 Å². The number of halogens is 2. The summed E-state index contributed by atoms with van der Waals surface area (Å²) >= 11 is 11.8. The first-order chi connectivity index (χ1) is 12.7. The van der Waals surface area contributed by atoms with E-state index >= 15 is 0 Å². The van der Waals surface area contributed by atoms with Crippen molar-refractivity contribution in [2.75, 3.05) is 11.9 Å². The van der Waals surface area contributed by atoms with E-state index in [0.717, 1.165) is 0 Å². The smallest absolute Gasteiger partial charge is 0.262 e. The van der Waals surface area contributed by atoms with Gasteiger partial charge in [0.15, 0.2) is 6.61 Å². The molecular weight excluding hydrogens is 411 g/mol. The lowest BCUT2D eigenvalue weighted by Crippen LogP contribution is -2.31. The highest BCUT2D eigenvalue weighted by Gasteiger charge is 2.16. The molecule has 1 atom stereocenters. The molecule has 146 valence electrons. The Bertz CT molecular complexity index is 882. The van der Waals surface area contributed by atoms with Gasteiger partial charge in [0, 0.05) is 21.8 Å². The van der Waals surface area contributed by atoms with Gasteiger partial charge in [-0.1, -0.05) is 30.1 Å². The number of sulfonamides is 1. The first-order valence-electron chi connectivity index (χ1n) is 8.20. The Hall–Kier alpha value is -1.80. The van der Waals surface area contributed by atoms with Crippen LogP contribution in [0.1, 0.15) is 20.3 Å². The van der Waals surface area contributed by atoms with Crippen molar-refractivity contribution in [1.29, 1.82) is 0 Å². The summed E-state index contributed by atoms with van der Waals surface area (Å²) in [6.07, 6.45) is 0.688. The number of nitrogens with one attached hydrogen (secondary N) is 2. The monoisotopic (exact) mass is 430 g/mol. The molecular formula is C18H20Cl2N2O4S. The summed E-state index contributed by atoms with van der Waals surface area (Å²) < 4.78 is 32.4. The van der Waals surface area contributed by atoms with E-state index in [1.54, 1.807) is 25.1 Å². The van der Waals surface area contributed by atoms with Crippen molar-refractivity contribution in [3.63, 3.8) is 0 Å². The third-order valence-corrected chi connectivity index (χ3v) is 5.66. The molecule has 1 amide bonds. The molecule has 2 aromatic rings. The van der Waals surface area contributed by atoms with Gasteiger partial charge in [-0.3, -0.25) is 4.79 Å². The lowest BCUT2D eigenvalue weighted by atomic mass is 10.3. The lowest BCUT2D eigenvalue weighted by molar-refractivity contribution is -0.118. The van der Waals surface area contributed by atoms with Crippen molar-refractivity contribution in [3.8, 4) is 5.75 Å². The second-order valence-electron chi connectivity index (χ2n) is 5.90. The van der Waals surface area contributed by atoms with E-state index in [2.05, 4.69) is 10.0 Å². The molecule has 0 saturated carbocycles. The van der Waals surface area contributed by atoms with E-state index in [9.17, 15) is 13.2 Å². The molecule has 9 heteroatoms. The van der Waals surface area contributed by atoms with Crippen LogP contribution in [-0.2, 0) is 14.8 Å². The predicted molar refractivity (Wildman–Crippen MR) is 107 cm³/mol. The van der Waals surface area contributed by atoms with E-state index in [1.807, 2.05) is 6.92 Å². The molecule has 0 fully saturated rings. The Labute approximate surface area is 168 Å². The molecule has 0 bridgehead atoms. The summed E-state index contributed by atoms with van der Waals surface area (Å²) in [6, 6.07) is 10.4. The van der Waals surface area contributed by atoms with Crippen LogP contribution in [-0.4, -0.2) is 27.0 Å². The highest BCUT2D eigenvalue weighted by Crippen LogP contribution is 2.22. The molecule has 0 saturated heterocycles. The summed E-state index contributed by atoms with van der Waals surface area (Å²) in [4.78, 5) is 12.1. The zero-order chi connectivity index (χ0) is 20.0. The van der Waals surface area contributed by atoms with Crippen molar-refractivity contribution in [2.45, 2.75) is 31.2 Å². The second-order valence-corrected chi connectivity index (χ2v) is 8.48. The number of carbonyl (C=O) groups excluding carboxylic acids is 1. The second kappa shape index (κ2) is 9.41. The highest BCUT2D eigenvalue weighted by atomic mass is 35.5. The van der Waals surface area contributed by atoms with E-state index in [0.29, 0.717) is 27.9 Å². The fourth-order valence-corrected chi connectivity index (χ4v) is 3.96. The third-order valence-electron chi connectivity index (χ3n) is 3.62. The SMILES string of the molecule is CC[C@@H](C)NS(=O)(=O)c1ccc(OCC(=O)Nc2cc(Cl)cc(Cl)c2)cc1. The van der Waals surface area contributed by atoms with Gasteiger partial charge in [0.1, 0.15) is 5.75 Å². The third kappa shape index (κ3) is 6.70. The van der Waals surface area contributed by atoms with Crippen LogP contribution in [0.2, 0.25) is 10.0 Å². The Morgan fingerprint density at radius 1 is 1.11 bits per heavy atom. The number of ether oxygens (including phenoxy) is 1. The van der Waals surface area contributed by atoms with Crippen molar-refractivity contribution in [3.05, 3.63) is 52.5 Å². The molecule has 2 N–H and O–H groups in total. The maximum atomic E-state index is 12.2. The number of carbonyl (C=O) groups is 1. The van der Waals surface area contributed by atoms with E-state index < -0.39 is 15.9 Å².